The zero-order valence-corrected chi connectivity index (χ0v) is 8.87. The van der Waals surface area contributed by atoms with E-state index in [1.54, 1.807) is 0 Å². The lowest BCUT2D eigenvalue weighted by Crippen LogP contribution is -2.16. The average Bonchev–Trinajstić information content (AvgIpc) is 2.26. The summed E-state index contributed by atoms with van der Waals surface area (Å²) in [6.45, 7) is 8.12. The van der Waals surface area contributed by atoms with Crippen LogP contribution in [0.2, 0.25) is 0 Å². The van der Waals surface area contributed by atoms with E-state index in [1.807, 2.05) is 12.1 Å². The molecule has 1 unspecified atom stereocenters. The van der Waals surface area contributed by atoms with E-state index in [0.29, 0.717) is 5.92 Å². The van der Waals surface area contributed by atoms with Crippen molar-refractivity contribution in [1.29, 1.82) is 0 Å². The Balaban J connectivity index is 2.50. The van der Waals surface area contributed by atoms with Crippen LogP contribution in [0.25, 0.3) is 0 Å². The van der Waals surface area contributed by atoms with E-state index in [4.69, 9.17) is 0 Å². The van der Waals surface area contributed by atoms with E-state index < -0.39 is 0 Å². The van der Waals surface area contributed by atoms with Gasteiger partial charge in [0.2, 0.25) is 0 Å². The fourth-order valence-corrected chi connectivity index (χ4v) is 1.56. The second kappa shape index (κ2) is 6.39. The highest BCUT2D eigenvalue weighted by Crippen LogP contribution is 2.19. The minimum Gasteiger partial charge on any atom is -0.317 e. The van der Waals surface area contributed by atoms with Gasteiger partial charge >= 0.3 is 0 Å². The number of allylic oxidation sites excluding steroid dienone is 1. The standard InChI is InChI=1S/C13H19N/c1-3-12(10-11-14-4-2)13-8-6-5-7-9-13/h3,5-9,12,14H,1,4,10-11H2,2H3. The molecule has 0 aliphatic carbocycles. The van der Waals surface area contributed by atoms with Gasteiger partial charge in [0.05, 0.1) is 0 Å². The Bertz CT molecular complexity index is 253. The number of rotatable bonds is 6. The van der Waals surface area contributed by atoms with Crippen molar-refractivity contribution in [2.45, 2.75) is 19.3 Å². The first kappa shape index (κ1) is 11.0. The summed E-state index contributed by atoms with van der Waals surface area (Å²) in [6, 6.07) is 10.5. The maximum Gasteiger partial charge on any atom is 0.00273 e. The van der Waals surface area contributed by atoms with Gasteiger partial charge in [-0.2, -0.15) is 0 Å². The van der Waals surface area contributed by atoms with Crippen LogP contribution in [0.15, 0.2) is 43.0 Å². The molecular weight excluding hydrogens is 170 g/mol. The highest BCUT2D eigenvalue weighted by molar-refractivity contribution is 5.22. The number of nitrogens with one attached hydrogen (secondary N) is 1. The molecule has 0 heterocycles. The van der Waals surface area contributed by atoms with Crippen LogP contribution >= 0.6 is 0 Å². The fraction of sp³-hybridized carbons (Fsp3) is 0.385. The summed E-state index contributed by atoms with van der Waals surface area (Å²) in [6.07, 6.45) is 3.16. The van der Waals surface area contributed by atoms with Gasteiger partial charge < -0.3 is 5.32 Å². The quantitative estimate of drug-likeness (QED) is 0.536. The van der Waals surface area contributed by atoms with Crippen LogP contribution in [0.5, 0.6) is 0 Å². The Labute approximate surface area is 86.8 Å². The molecule has 0 saturated carbocycles. The van der Waals surface area contributed by atoms with E-state index in [1.165, 1.54) is 5.56 Å². The zero-order valence-electron chi connectivity index (χ0n) is 8.87. The first-order valence-electron chi connectivity index (χ1n) is 5.26. The van der Waals surface area contributed by atoms with Gasteiger partial charge in [0.1, 0.15) is 0 Å². The second-order valence-corrected chi connectivity index (χ2v) is 3.40. The SMILES string of the molecule is C=CC(CCNCC)c1ccccc1. The van der Waals surface area contributed by atoms with Crippen molar-refractivity contribution in [3.8, 4) is 0 Å². The van der Waals surface area contributed by atoms with Gasteiger partial charge in [-0.05, 0) is 25.1 Å². The van der Waals surface area contributed by atoms with Gasteiger partial charge in [0, 0.05) is 5.92 Å². The first-order chi connectivity index (χ1) is 6.88. The molecular formula is C13H19N. The summed E-state index contributed by atoms with van der Waals surface area (Å²) in [5.41, 5.74) is 1.36. The summed E-state index contributed by atoms with van der Waals surface area (Å²) >= 11 is 0. The molecule has 0 radical (unpaired) electrons. The third-order valence-corrected chi connectivity index (χ3v) is 2.39. The third kappa shape index (κ3) is 3.35. The Kier molecular flexibility index (Phi) is 5.02. The van der Waals surface area contributed by atoms with Crippen LogP contribution in [0.1, 0.15) is 24.8 Å². The maximum absolute atomic E-state index is 3.89. The van der Waals surface area contributed by atoms with Crippen LogP contribution in [0, 0.1) is 0 Å². The van der Waals surface area contributed by atoms with Crippen molar-refractivity contribution < 1.29 is 0 Å². The van der Waals surface area contributed by atoms with Crippen LogP contribution in [-0.4, -0.2) is 13.1 Å². The van der Waals surface area contributed by atoms with Crippen molar-refractivity contribution in [2.24, 2.45) is 0 Å². The first-order valence-corrected chi connectivity index (χ1v) is 5.26. The number of hydrogen-bond donors (Lipinski definition) is 1. The molecule has 1 aromatic carbocycles. The van der Waals surface area contributed by atoms with Gasteiger partial charge in [0.15, 0.2) is 0 Å². The van der Waals surface area contributed by atoms with E-state index in [0.717, 1.165) is 19.5 Å². The Morgan fingerprint density at radius 3 is 2.64 bits per heavy atom. The molecule has 0 amide bonds. The Morgan fingerprint density at radius 1 is 1.36 bits per heavy atom. The van der Waals surface area contributed by atoms with Crippen LogP contribution < -0.4 is 5.32 Å². The van der Waals surface area contributed by atoms with E-state index >= 15 is 0 Å². The molecule has 0 saturated heterocycles. The Morgan fingerprint density at radius 2 is 2.07 bits per heavy atom. The predicted molar refractivity (Wildman–Crippen MR) is 62.5 cm³/mol. The molecule has 0 aliphatic rings. The van der Waals surface area contributed by atoms with E-state index in [-0.39, 0.29) is 0 Å². The molecule has 14 heavy (non-hydrogen) atoms. The van der Waals surface area contributed by atoms with Gasteiger partial charge in [-0.15, -0.1) is 6.58 Å². The summed E-state index contributed by atoms with van der Waals surface area (Å²) < 4.78 is 0. The van der Waals surface area contributed by atoms with E-state index in [2.05, 4.69) is 43.1 Å². The summed E-state index contributed by atoms with van der Waals surface area (Å²) in [5, 5.41) is 3.34. The third-order valence-electron chi connectivity index (χ3n) is 2.39. The van der Waals surface area contributed by atoms with Crippen LogP contribution in [0.4, 0.5) is 0 Å². The van der Waals surface area contributed by atoms with Gasteiger partial charge in [0.25, 0.3) is 0 Å². The van der Waals surface area contributed by atoms with E-state index in [9.17, 15) is 0 Å². The normalized spacial score (nSPS) is 12.4. The molecule has 0 bridgehead atoms. The molecule has 76 valence electrons. The topological polar surface area (TPSA) is 12.0 Å². The van der Waals surface area contributed by atoms with Gasteiger partial charge in [-0.1, -0.05) is 43.3 Å². The van der Waals surface area contributed by atoms with Crippen molar-refractivity contribution >= 4 is 0 Å². The van der Waals surface area contributed by atoms with Crippen molar-refractivity contribution in [1.82, 2.24) is 5.32 Å². The summed E-state index contributed by atoms with van der Waals surface area (Å²) in [5.74, 6) is 0.482. The van der Waals surface area contributed by atoms with Crippen LogP contribution in [-0.2, 0) is 0 Å². The summed E-state index contributed by atoms with van der Waals surface area (Å²) in [7, 11) is 0. The molecule has 1 nitrogen and oxygen atoms in total. The van der Waals surface area contributed by atoms with Crippen LogP contribution in [0.3, 0.4) is 0 Å². The highest BCUT2D eigenvalue weighted by atomic mass is 14.8. The lowest BCUT2D eigenvalue weighted by molar-refractivity contribution is 0.638. The Hall–Kier alpha value is -1.08. The lowest BCUT2D eigenvalue weighted by atomic mass is 9.96. The molecule has 1 N–H and O–H groups in total. The largest absolute Gasteiger partial charge is 0.317 e. The monoisotopic (exact) mass is 189 g/mol. The number of benzene rings is 1. The minimum absolute atomic E-state index is 0.482. The molecule has 1 aromatic rings. The molecule has 0 aliphatic heterocycles. The molecule has 0 spiro atoms. The molecule has 1 atom stereocenters. The molecule has 1 rings (SSSR count). The highest BCUT2D eigenvalue weighted by Gasteiger charge is 2.05. The van der Waals surface area contributed by atoms with Crippen molar-refractivity contribution in [2.75, 3.05) is 13.1 Å². The lowest BCUT2D eigenvalue weighted by Gasteiger charge is -2.12. The smallest absolute Gasteiger partial charge is 0.00273 e. The van der Waals surface area contributed by atoms with Gasteiger partial charge in [-0.25, -0.2) is 0 Å². The average molecular weight is 189 g/mol. The molecule has 0 aromatic heterocycles. The maximum atomic E-state index is 3.89. The number of hydrogen-bond acceptors (Lipinski definition) is 1. The minimum atomic E-state index is 0.482. The second-order valence-electron chi connectivity index (χ2n) is 3.40. The zero-order chi connectivity index (χ0) is 10.2. The molecule has 0 fully saturated rings. The predicted octanol–water partition coefficient (Wildman–Crippen LogP) is 2.96. The summed E-state index contributed by atoms with van der Waals surface area (Å²) in [4.78, 5) is 0. The van der Waals surface area contributed by atoms with Crippen molar-refractivity contribution in [3.05, 3.63) is 48.6 Å². The van der Waals surface area contributed by atoms with Gasteiger partial charge in [-0.3, -0.25) is 0 Å². The fourth-order valence-electron chi connectivity index (χ4n) is 1.56. The van der Waals surface area contributed by atoms with Crippen molar-refractivity contribution in [3.63, 3.8) is 0 Å². The molecule has 1 heteroatoms.